The maximum absolute atomic E-state index is 12.5. The van der Waals surface area contributed by atoms with E-state index in [2.05, 4.69) is 0 Å². The van der Waals surface area contributed by atoms with Gasteiger partial charge in [-0.2, -0.15) is 0 Å². The van der Waals surface area contributed by atoms with Gasteiger partial charge in [-0.25, -0.2) is 4.79 Å². The van der Waals surface area contributed by atoms with E-state index in [4.69, 9.17) is 16.3 Å². The van der Waals surface area contributed by atoms with Crippen LogP contribution in [-0.2, 0) is 9.53 Å². The van der Waals surface area contributed by atoms with Crippen molar-refractivity contribution in [2.24, 2.45) is 0 Å². The predicted molar refractivity (Wildman–Crippen MR) is 78.9 cm³/mol. The monoisotopic (exact) mass is 295 g/mol. The summed E-state index contributed by atoms with van der Waals surface area (Å²) in [5.74, 6) is -1.03. The third kappa shape index (κ3) is 4.10. The zero-order valence-corrected chi connectivity index (χ0v) is 12.8. The van der Waals surface area contributed by atoms with E-state index in [0.29, 0.717) is 10.6 Å². The number of halogens is 1. The molecule has 0 saturated carbocycles. The van der Waals surface area contributed by atoms with Crippen LogP contribution in [0.1, 0.15) is 22.8 Å². The number of hydrogen-bond donors (Lipinski definition) is 0. The molecule has 0 amide bonds. The summed E-state index contributed by atoms with van der Waals surface area (Å²) in [4.78, 5) is 26.1. The van der Waals surface area contributed by atoms with Crippen molar-refractivity contribution in [1.82, 2.24) is 4.90 Å². The minimum Gasteiger partial charge on any atom is -0.462 e. The van der Waals surface area contributed by atoms with E-state index in [1.165, 1.54) is 6.20 Å². The summed E-state index contributed by atoms with van der Waals surface area (Å²) in [6.45, 7) is 3.70. The summed E-state index contributed by atoms with van der Waals surface area (Å²) in [5, 5.41) is 0.451. The molecule has 0 fully saturated rings. The summed E-state index contributed by atoms with van der Waals surface area (Å²) in [7, 11) is 3.47. The number of carbonyl (C=O) groups is 2. The van der Waals surface area contributed by atoms with E-state index in [-0.39, 0.29) is 12.2 Å². The van der Waals surface area contributed by atoms with Gasteiger partial charge in [-0.05, 0) is 31.5 Å². The van der Waals surface area contributed by atoms with Crippen LogP contribution in [0.4, 0.5) is 0 Å². The average molecular weight is 296 g/mol. The van der Waals surface area contributed by atoms with Crippen molar-refractivity contribution in [2.45, 2.75) is 13.8 Å². The highest BCUT2D eigenvalue weighted by Crippen LogP contribution is 2.19. The van der Waals surface area contributed by atoms with E-state index < -0.39 is 11.8 Å². The lowest BCUT2D eigenvalue weighted by Crippen LogP contribution is -2.20. The molecule has 0 aliphatic carbocycles. The minimum atomic E-state index is -0.634. The van der Waals surface area contributed by atoms with E-state index in [1.54, 1.807) is 51.0 Å². The molecule has 0 spiro atoms. The molecule has 0 atom stereocenters. The summed E-state index contributed by atoms with van der Waals surface area (Å²) in [6, 6.07) is 5.00. The molecule has 0 unspecified atom stereocenters. The van der Waals surface area contributed by atoms with Crippen LogP contribution in [0.25, 0.3) is 0 Å². The third-order valence-electron chi connectivity index (χ3n) is 2.57. The van der Waals surface area contributed by atoms with Crippen LogP contribution in [0.15, 0.2) is 30.0 Å². The number of rotatable bonds is 5. The van der Waals surface area contributed by atoms with Crippen LogP contribution in [-0.4, -0.2) is 37.4 Å². The smallest absolute Gasteiger partial charge is 0.343 e. The number of carbonyl (C=O) groups excluding carboxylic acids is 2. The maximum Gasteiger partial charge on any atom is 0.343 e. The molecule has 0 aliphatic rings. The van der Waals surface area contributed by atoms with Gasteiger partial charge < -0.3 is 9.64 Å². The first kappa shape index (κ1) is 16.2. The number of Topliss-reactive ketones (excluding diaryl/α,β-unsaturated/α-hetero) is 1. The Balaban J connectivity index is 3.24. The Hall–Kier alpha value is -1.81. The molecule has 0 radical (unpaired) electrons. The van der Waals surface area contributed by atoms with Crippen molar-refractivity contribution >= 4 is 23.4 Å². The molecule has 108 valence electrons. The zero-order chi connectivity index (χ0) is 15.3. The van der Waals surface area contributed by atoms with Crippen molar-refractivity contribution in [1.29, 1.82) is 0 Å². The number of esters is 1. The molecule has 20 heavy (non-hydrogen) atoms. The fourth-order valence-electron chi connectivity index (χ4n) is 1.66. The quantitative estimate of drug-likeness (QED) is 0.275. The second-order valence-electron chi connectivity index (χ2n) is 4.52. The summed E-state index contributed by atoms with van der Waals surface area (Å²) < 4.78 is 4.93. The van der Waals surface area contributed by atoms with E-state index in [9.17, 15) is 9.59 Å². The second kappa shape index (κ2) is 7.10. The van der Waals surface area contributed by atoms with Crippen LogP contribution >= 0.6 is 11.6 Å². The number of benzene rings is 1. The highest BCUT2D eigenvalue weighted by Gasteiger charge is 2.23. The van der Waals surface area contributed by atoms with E-state index >= 15 is 0 Å². The fraction of sp³-hybridized carbons (Fsp3) is 0.333. The van der Waals surface area contributed by atoms with Crippen molar-refractivity contribution < 1.29 is 14.3 Å². The van der Waals surface area contributed by atoms with Gasteiger partial charge in [0.05, 0.1) is 6.61 Å². The maximum atomic E-state index is 12.5. The average Bonchev–Trinajstić information content (AvgIpc) is 2.38. The van der Waals surface area contributed by atoms with Crippen molar-refractivity contribution in [3.8, 4) is 0 Å². The molecule has 1 aromatic rings. The summed E-state index contributed by atoms with van der Waals surface area (Å²) in [5.41, 5.74) is 1.15. The molecular formula is C15H18ClNO3. The lowest BCUT2D eigenvalue weighted by atomic mass is 9.99. The first-order valence-electron chi connectivity index (χ1n) is 6.23. The Morgan fingerprint density at radius 3 is 2.55 bits per heavy atom. The minimum absolute atomic E-state index is 0.0118. The van der Waals surface area contributed by atoms with E-state index in [0.717, 1.165) is 5.56 Å². The third-order valence-corrected chi connectivity index (χ3v) is 2.81. The predicted octanol–water partition coefficient (Wildman–Crippen LogP) is 2.84. The van der Waals surface area contributed by atoms with Crippen LogP contribution < -0.4 is 0 Å². The molecular weight excluding hydrogens is 278 g/mol. The first-order chi connectivity index (χ1) is 9.36. The van der Waals surface area contributed by atoms with Crippen LogP contribution in [0.5, 0.6) is 0 Å². The number of nitrogens with zero attached hydrogens (tertiary/aromatic N) is 1. The van der Waals surface area contributed by atoms with Gasteiger partial charge in [-0.3, -0.25) is 4.79 Å². The molecule has 1 aromatic carbocycles. The SMILES string of the molecule is CCOC(=O)/C(=C\N(C)C)C(=O)c1cc(Cl)ccc1C. The second-order valence-corrected chi connectivity index (χ2v) is 4.95. The lowest BCUT2D eigenvalue weighted by molar-refractivity contribution is -0.138. The standard InChI is InChI=1S/C15H18ClNO3/c1-5-20-15(19)13(9-17(3)4)14(18)12-8-11(16)7-6-10(12)2/h6-9H,5H2,1-4H3/b13-9-. The molecule has 1 rings (SSSR count). The molecule has 0 aliphatic heterocycles. The zero-order valence-electron chi connectivity index (χ0n) is 12.1. The van der Waals surface area contributed by atoms with Gasteiger partial charge in [0.1, 0.15) is 5.57 Å². The van der Waals surface area contributed by atoms with Gasteiger partial charge >= 0.3 is 5.97 Å². The molecule has 0 saturated heterocycles. The van der Waals surface area contributed by atoms with Crippen LogP contribution in [0, 0.1) is 6.92 Å². The normalized spacial score (nSPS) is 11.2. The van der Waals surface area contributed by atoms with Crippen molar-refractivity contribution in [2.75, 3.05) is 20.7 Å². The molecule has 0 aromatic heterocycles. The van der Waals surface area contributed by atoms with Gasteiger partial charge in [0.25, 0.3) is 0 Å². The fourth-order valence-corrected chi connectivity index (χ4v) is 1.83. The lowest BCUT2D eigenvalue weighted by Gasteiger charge is -2.12. The van der Waals surface area contributed by atoms with Crippen molar-refractivity contribution in [3.05, 3.63) is 46.1 Å². The molecule has 5 heteroatoms. The number of aryl methyl sites for hydroxylation is 1. The Labute approximate surface area is 124 Å². The first-order valence-corrected chi connectivity index (χ1v) is 6.60. The van der Waals surface area contributed by atoms with E-state index in [1.807, 2.05) is 0 Å². The van der Waals surface area contributed by atoms with Gasteiger partial charge in [0.2, 0.25) is 5.78 Å². The number of hydrogen-bond acceptors (Lipinski definition) is 4. The van der Waals surface area contributed by atoms with Gasteiger partial charge in [0, 0.05) is 30.9 Å². The molecule has 0 heterocycles. The summed E-state index contributed by atoms with van der Waals surface area (Å²) in [6.07, 6.45) is 1.46. The van der Waals surface area contributed by atoms with Crippen LogP contribution in [0.2, 0.25) is 5.02 Å². The molecule has 0 bridgehead atoms. The Morgan fingerprint density at radius 1 is 1.35 bits per heavy atom. The highest BCUT2D eigenvalue weighted by molar-refractivity contribution is 6.32. The summed E-state index contributed by atoms with van der Waals surface area (Å²) >= 11 is 5.91. The van der Waals surface area contributed by atoms with Gasteiger partial charge in [0.15, 0.2) is 0 Å². The topological polar surface area (TPSA) is 46.6 Å². The largest absolute Gasteiger partial charge is 0.462 e. The Morgan fingerprint density at radius 2 is 2.00 bits per heavy atom. The Kier molecular flexibility index (Phi) is 5.77. The molecule has 0 N–H and O–H groups in total. The van der Waals surface area contributed by atoms with Crippen LogP contribution in [0.3, 0.4) is 0 Å². The van der Waals surface area contributed by atoms with Crippen molar-refractivity contribution in [3.63, 3.8) is 0 Å². The number of ether oxygens (including phenoxy) is 1. The Bertz CT molecular complexity index is 550. The van der Waals surface area contributed by atoms with Gasteiger partial charge in [-0.1, -0.05) is 17.7 Å². The number of ketones is 1. The van der Waals surface area contributed by atoms with Gasteiger partial charge in [-0.15, -0.1) is 0 Å². The highest BCUT2D eigenvalue weighted by atomic mass is 35.5. The molecule has 4 nitrogen and oxygen atoms in total.